The second-order valence-corrected chi connectivity index (χ2v) is 4.03. The van der Waals surface area contributed by atoms with Gasteiger partial charge in [-0.1, -0.05) is 23.2 Å². The van der Waals surface area contributed by atoms with Crippen LogP contribution in [0.3, 0.4) is 0 Å². The fourth-order valence-electron chi connectivity index (χ4n) is 1.20. The van der Waals surface area contributed by atoms with Gasteiger partial charge in [-0.2, -0.15) is 4.98 Å². The normalized spacial score (nSPS) is 10.1. The first kappa shape index (κ1) is 12.6. The molecule has 0 aliphatic carbocycles. The Morgan fingerprint density at radius 2 is 2.06 bits per heavy atom. The lowest BCUT2D eigenvalue weighted by atomic mass is 10.2. The standard InChI is InChI=1S/C11H6Cl2N2O3/c12-7-3-6(11(16)17)1-2-8(7)18-10-5-14-4-9(13)15-10/h1-5H,(H,16,17). The van der Waals surface area contributed by atoms with E-state index in [1.807, 2.05) is 0 Å². The van der Waals surface area contributed by atoms with Crippen LogP contribution in [0.1, 0.15) is 10.4 Å². The second kappa shape index (κ2) is 5.20. The average molecular weight is 285 g/mol. The average Bonchev–Trinajstić information content (AvgIpc) is 2.31. The van der Waals surface area contributed by atoms with Gasteiger partial charge in [0, 0.05) is 0 Å². The Bertz CT molecular complexity index is 605. The van der Waals surface area contributed by atoms with Crippen molar-refractivity contribution in [3.63, 3.8) is 0 Å². The summed E-state index contributed by atoms with van der Waals surface area (Å²) >= 11 is 11.5. The topological polar surface area (TPSA) is 72.3 Å². The van der Waals surface area contributed by atoms with Gasteiger partial charge in [0.15, 0.2) is 5.15 Å². The zero-order valence-corrected chi connectivity index (χ0v) is 10.3. The fourth-order valence-corrected chi connectivity index (χ4v) is 1.56. The summed E-state index contributed by atoms with van der Waals surface area (Å²) in [6.45, 7) is 0. The summed E-state index contributed by atoms with van der Waals surface area (Å²) in [5, 5.41) is 9.14. The van der Waals surface area contributed by atoms with Crippen molar-refractivity contribution in [2.75, 3.05) is 0 Å². The Morgan fingerprint density at radius 1 is 1.28 bits per heavy atom. The third-order valence-corrected chi connectivity index (χ3v) is 2.45. The minimum atomic E-state index is -1.06. The molecule has 5 nitrogen and oxygen atoms in total. The highest BCUT2D eigenvalue weighted by molar-refractivity contribution is 6.32. The van der Waals surface area contributed by atoms with Crippen LogP contribution < -0.4 is 4.74 Å². The van der Waals surface area contributed by atoms with Crippen LogP contribution in [0.15, 0.2) is 30.6 Å². The van der Waals surface area contributed by atoms with E-state index in [1.165, 1.54) is 30.6 Å². The summed E-state index contributed by atoms with van der Waals surface area (Å²) < 4.78 is 5.34. The van der Waals surface area contributed by atoms with Gasteiger partial charge in [0.05, 0.1) is 23.0 Å². The van der Waals surface area contributed by atoms with Crippen molar-refractivity contribution >= 4 is 29.2 Å². The van der Waals surface area contributed by atoms with Crippen LogP contribution in [0.2, 0.25) is 10.2 Å². The number of nitrogens with zero attached hydrogens (tertiary/aromatic N) is 2. The summed E-state index contributed by atoms with van der Waals surface area (Å²) in [7, 11) is 0. The monoisotopic (exact) mass is 284 g/mol. The van der Waals surface area contributed by atoms with E-state index < -0.39 is 5.97 Å². The molecule has 0 saturated carbocycles. The zero-order chi connectivity index (χ0) is 13.1. The van der Waals surface area contributed by atoms with Gasteiger partial charge in [-0.05, 0) is 18.2 Å². The van der Waals surface area contributed by atoms with Crippen LogP contribution in [0, 0.1) is 0 Å². The first-order chi connectivity index (χ1) is 8.56. The molecule has 0 atom stereocenters. The van der Waals surface area contributed by atoms with Gasteiger partial charge < -0.3 is 9.84 Å². The number of aromatic nitrogens is 2. The molecule has 2 rings (SSSR count). The zero-order valence-electron chi connectivity index (χ0n) is 8.80. The highest BCUT2D eigenvalue weighted by Gasteiger charge is 2.09. The molecular formula is C11H6Cl2N2O3. The number of hydrogen-bond acceptors (Lipinski definition) is 4. The van der Waals surface area contributed by atoms with Crippen LogP contribution in [0.4, 0.5) is 0 Å². The van der Waals surface area contributed by atoms with Gasteiger partial charge in [-0.3, -0.25) is 4.98 Å². The molecule has 1 N–H and O–H groups in total. The van der Waals surface area contributed by atoms with E-state index in [-0.39, 0.29) is 27.4 Å². The van der Waals surface area contributed by atoms with E-state index in [4.69, 9.17) is 33.0 Å². The number of carboxylic acids is 1. The maximum Gasteiger partial charge on any atom is 0.335 e. The maximum atomic E-state index is 10.7. The second-order valence-electron chi connectivity index (χ2n) is 3.23. The number of aromatic carboxylic acids is 1. The molecule has 1 aromatic carbocycles. The molecular weight excluding hydrogens is 279 g/mol. The first-order valence-electron chi connectivity index (χ1n) is 4.74. The molecule has 0 bridgehead atoms. The molecule has 0 radical (unpaired) electrons. The SMILES string of the molecule is O=C(O)c1ccc(Oc2cncc(Cl)n2)c(Cl)c1. The number of ether oxygens (including phenoxy) is 1. The quantitative estimate of drug-likeness (QED) is 0.936. The van der Waals surface area contributed by atoms with Gasteiger partial charge in [-0.15, -0.1) is 0 Å². The summed E-state index contributed by atoms with van der Waals surface area (Å²) in [6, 6.07) is 4.10. The molecule has 0 amide bonds. The summed E-state index contributed by atoms with van der Waals surface area (Å²) in [5.41, 5.74) is 0.0736. The minimum absolute atomic E-state index is 0.0736. The molecule has 1 aromatic heterocycles. The molecule has 92 valence electrons. The summed E-state index contributed by atoms with van der Waals surface area (Å²) in [4.78, 5) is 18.4. The third-order valence-electron chi connectivity index (χ3n) is 1.98. The van der Waals surface area contributed by atoms with E-state index >= 15 is 0 Å². The molecule has 0 aliphatic rings. The Morgan fingerprint density at radius 3 is 2.67 bits per heavy atom. The summed E-state index contributed by atoms with van der Waals surface area (Å²) in [6.07, 6.45) is 2.73. The van der Waals surface area contributed by atoms with Gasteiger partial charge in [0.25, 0.3) is 0 Å². The van der Waals surface area contributed by atoms with E-state index in [2.05, 4.69) is 9.97 Å². The van der Waals surface area contributed by atoms with Gasteiger partial charge >= 0.3 is 5.97 Å². The molecule has 0 spiro atoms. The number of rotatable bonds is 3. The molecule has 1 heterocycles. The predicted octanol–water partition coefficient (Wildman–Crippen LogP) is 3.27. The smallest absolute Gasteiger partial charge is 0.335 e. The summed E-state index contributed by atoms with van der Waals surface area (Å²) in [5.74, 6) is -0.614. The molecule has 18 heavy (non-hydrogen) atoms. The molecule has 0 fully saturated rings. The van der Waals surface area contributed by atoms with Crippen LogP contribution in [-0.2, 0) is 0 Å². The van der Waals surface area contributed by atoms with Crippen molar-refractivity contribution in [2.24, 2.45) is 0 Å². The lowest BCUT2D eigenvalue weighted by molar-refractivity contribution is 0.0697. The number of carbonyl (C=O) groups is 1. The lowest BCUT2D eigenvalue weighted by Crippen LogP contribution is -1.96. The van der Waals surface area contributed by atoms with Crippen molar-refractivity contribution in [3.8, 4) is 11.6 Å². The maximum absolute atomic E-state index is 10.7. The number of halogens is 2. The van der Waals surface area contributed by atoms with E-state index in [1.54, 1.807) is 0 Å². The molecule has 2 aromatic rings. The fraction of sp³-hybridized carbons (Fsp3) is 0. The molecule has 0 unspecified atom stereocenters. The van der Waals surface area contributed by atoms with Crippen LogP contribution in [0.5, 0.6) is 11.6 Å². The van der Waals surface area contributed by atoms with Crippen LogP contribution in [-0.4, -0.2) is 21.0 Å². The molecule has 7 heteroatoms. The Balaban J connectivity index is 2.27. The third kappa shape index (κ3) is 2.88. The number of benzene rings is 1. The van der Waals surface area contributed by atoms with E-state index in [0.29, 0.717) is 0 Å². The van der Waals surface area contributed by atoms with E-state index in [9.17, 15) is 4.79 Å². The molecule has 0 saturated heterocycles. The van der Waals surface area contributed by atoms with Crippen LogP contribution >= 0.6 is 23.2 Å². The van der Waals surface area contributed by atoms with Gasteiger partial charge in [0.2, 0.25) is 5.88 Å². The van der Waals surface area contributed by atoms with Gasteiger partial charge in [-0.25, -0.2) is 4.79 Å². The Kier molecular flexibility index (Phi) is 3.64. The Labute approximate surface area is 112 Å². The number of hydrogen-bond donors (Lipinski definition) is 1. The van der Waals surface area contributed by atoms with Crippen molar-refractivity contribution in [2.45, 2.75) is 0 Å². The van der Waals surface area contributed by atoms with Gasteiger partial charge in [0.1, 0.15) is 5.75 Å². The molecule has 0 aliphatic heterocycles. The largest absolute Gasteiger partial charge is 0.478 e. The first-order valence-corrected chi connectivity index (χ1v) is 5.50. The highest BCUT2D eigenvalue weighted by Crippen LogP contribution is 2.29. The van der Waals surface area contributed by atoms with E-state index in [0.717, 1.165) is 0 Å². The van der Waals surface area contributed by atoms with Crippen LogP contribution in [0.25, 0.3) is 0 Å². The minimum Gasteiger partial charge on any atom is -0.478 e. The van der Waals surface area contributed by atoms with Crippen molar-refractivity contribution in [1.29, 1.82) is 0 Å². The Hall–Kier alpha value is -1.85. The number of carboxylic acid groups (broad SMARTS) is 1. The van der Waals surface area contributed by atoms with Crippen molar-refractivity contribution in [1.82, 2.24) is 9.97 Å². The van der Waals surface area contributed by atoms with Crippen molar-refractivity contribution < 1.29 is 14.6 Å². The predicted molar refractivity (Wildman–Crippen MR) is 65.5 cm³/mol. The highest BCUT2D eigenvalue weighted by atomic mass is 35.5. The van der Waals surface area contributed by atoms with Crippen molar-refractivity contribution in [3.05, 3.63) is 46.3 Å². The lowest BCUT2D eigenvalue weighted by Gasteiger charge is -2.06.